The van der Waals surface area contributed by atoms with Crippen LogP contribution < -0.4 is 0 Å². The predicted molar refractivity (Wildman–Crippen MR) is 79.6 cm³/mol. The van der Waals surface area contributed by atoms with Crippen molar-refractivity contribution >= 4 is 17.1 Å². The van der Waals surface area contributed by atoms with Crippen LogP contribution in [0.25, 0.3) is 5.57 Å². The molecule has 0 spiro atoms. The second-order valence-electron chi connectivity index (χ2n) is 5.16. The van der Waals surface area contributed by atoms with Crippen molar-refractivity contribution in [2.75, 3.05) is 27.8 Å². The molecule has 1 rings (SSSR count). The van der Waals surface area contributed by atoms with Crippen LogP contribution in [0.4, 0.5) is 13.2 Å². The molecular weight excluding hydrogens is 311 g/mol. The first-order valence-electron chi connectivity index (χ1n) is 6.75. The number of hydrogen-bond acceptors (Lipinski definition) is 4. The lowest BCUT2D eigenvalue weighted by Gasteiger charge is -2.13. The number of nitrogens with zero attached hydrogens (tertiary/aromatic N) is 1. The van der Waals surface area contributed by atoms with Gasteiger partial charge in [-0.2, -0.15) is 13.2 Å². The Bertz CT molecular complexity index is 607. The second-order valence-corrected chi connectivity index (χ2v) is 5.16. The number of ether oxygens (including phenoxy) is 1. The van der Waals surface area contributed by atoms with Gasteiger partial charge in [-0.25, -0.2) is 0 Å². The van der Waals surface area contributed by atoms with Crippen molar-refractivity contribution in [1.29, 1.82) is 0 Å². The molecule has 1 aromatic carbocycles. The summed E-state index contributed by atoms with van der Waals surface area (Å²) in [5.41, 5.74) is -0.690. The summed E-state index contributed by atoms with van der Waals surface area (Å²) in [5.74, 6) is -0.991. The Morgan fingerprint density at radius 2 is 1.91 bits per heavy atom. The zero-order valence-corrected chi connectivity index (χ0v) is 13.1. The van der Waals surface area contributed by atoms with Crippen LogP contribution >= 0.6 is 0 Å². The summed E-state index contributed by atoms with van der Waals surface area (Å²) in [5, 5.41) is 0. The maximum atomic E-state index is 12.8. The van der Waals surface area contributed by atoms with Gasteiger partial charge >= 0.3 is 6.18 Å². The fraction of sp³-hybridized carbons (Fsp3) is 0.375. The van der Waals surface area contributed by atoms with E-state index in [0.29, 0.717) is 0 Å². The molecule has 0 N–H and O–H groups in total. The molecular formula is C16H18F3NO3. The largest absolute Gasteiger partial charge is 0.416 e. The molecule has 0 unspecified atom stereocenters. The van der Waals surface area contributed by atoms with E-state index in [1.54, 1.807) is 14.1 Å². The average Bonchev–Trinajstić information content (AvgIpc) is 2.44. The highest BCUT2D eigenvalue weighted by atomic mass is 19.4. The third-order valence-electron chi connectivity index (χ3n) is 2.85. The second kappa shape index (κ2) is 7.92. The van der Waals surface area contributed by atoms with Gasteiger partial charge in [-0.1, -0.05) is 12.1 Å². The van der Waals surface area contributed by atoms with Crippen LogP contribution in [-0.2, 0) is 20.5 Å². The smallest absolute Gasteiger partial charge is 0.383 e. The third kappa shape index (κ3) is 5.86. The summed E-state index contributed by atoms with van der Waals surface area (Å²) in [6, 6.07) is 4.46. The Morgan fingerprint density at radius 1 is 1.26 bits per heavy atom. The minimum Gasteiger partial charge on any atom is -0.383 e. The van der Waals surface area contributed by atoms with Crippen molar-refractivity contribution in [2.24, 2.45) is 0 Å². The van der Waals surface area contributed by atoms with Crippen LogP contribution in [0.15, 0.2) is 30.5 Å². The summed E-state index contributed by atoms with van der Waals surface area (Å²) in [7, 11) is 4.60. The van der Waals surface area contributed by atoms with Gasteiger partial charge < -0.3 is 9.64 Å². The van der Waals surface area contributed by atoms with Crippen LogP contribution in [0.3, 0.4) is 0 Å². The van der Waals surface area contributed by atoms with Crippen molar-refractivity contribution < 1.29 is 27.5 Å². The first kappa shape index (κ1) is 18.9. The van der Waals surface area contributed by atoms with E-state index in [1.807, 2.05) is 0 Å². The van der Waals surface area contributed by atoms with Gasteiger partial charge in [-0.15, -0.1) is 0 Å². The lowest BCUT2D eigenvalue weighted by atomic mass is 9.97. The molecule has 0 aromatic heterocycles. The Hall–Kier alpha value is -2.15. The minimum absolute atomic E-state index is 0.0468. The summed E-state index contributed by atoms with van der Waals surface area (Å²) in [4.78, 5) is 25.3. The highest BCUT2D eigenvalue weighted by molar-refractivity contribution is 6.25. The molecule has 4 nitrogen and oxygen atoms in total. The van der Waals surface area contributed by atoms with E-state index in [2.05, 4.69) is 4.74 Å². The van der Waals surface area contributed by atoms with Gasteiger partial charge in [0.1, 0.15) is 6.61 Å². The Morgan fingerprint density at radius 3 is 2.43 bits per heavy atom. The topological polar surface area (TPSA) is 46.6 Å². The molecule has 126 valence electrons. The van der Waals surface area contributed by atoms with Gasteiger partial charge in [0.2, 0.25) is 0 Å². The third-order valence-corrected chi connectivity index (χ3v) is 2.85. The number of alkyl halides is 3. The molecule has 23 heavy (non-hydrogen) atoms. The van der Waals surface area contributed by atoms with E-state index in [-0.39, 0.29) is 17.7 Å². The molecule has 0 aliphatic heterocycles. The fourth-order valence-corrected chi connectivity index (χ4v) is 1.92. The van der Waals surface area contributed by atoms with Gasteiger partial charge in [0.15, 0.2) is 11.6 Å². The number of halogens is 3. The van der Waals surface area contributed by atoms with Gasteiger partial charge in [0.25, 0.3) is 0 Å². The predicted octanol–water partition coefficient (Wildman–Crippen LogP) is 2.78. The van der Waals surface area contributed by atoms with Crippen molar-refractivity contribution in [3.05, 3.63) is 41.6 Å². The van der Waals surface area contributed by atoms with Crippen LogP contribution in [0.5, 0.6) is 0 Å². The minimum atomic E-state index is -4.51. The zero-order valence-electron chi connectivity index (χ0n) is 13.1. The summed E-state index contributed by atoms with van der Waals surface area (Å²) in [6.07, 6.45) is -3.53. The Balaban J connectivity index is 3.18. The number of hydrogen-bond donors (Lipinski definition) is 0. The van der Waals surface area contributed by atoms with Crippen molar-refractivity contribution in [3.63, 3.8) is 0 Å². The summed E-state index contributed by atoms with van der Waals surface area (Å²) >= 11 is 0. The highest BCUT2D eigenvalue weighted by Crippen LogP contribution is 2.31. The lowest BCUT2D eigenvalue weighted by molar-refractivity contribution is -0.137. The Kier molecular flexibility index (Phi) is 6.50. The molecule has 0 fully saturated rings. The van der Waals surface area contributed by atoms with Crippen LogP contribution in [0.2, 0.25) is 0 Å². The molecule has 0 heterocycles. The van der Waals surface area contributed by atoms with Crippen LogP contribution in [0, 0.1) is 0 Å². The van der Waals surface area contributed by atoms with Crippen LogP contribution in [-0.4, -0.2) is 44.3 Å². The van der Waals surface area contributed by atoms with Crippen molar-refractivity contribution in [3.8, 4) is 0 Å². The van der Waals surface area contributed by atoms with E-state index in [9.17, 15) is 22.8 Å². The van der Waals surface area contributed by atoms with E-state index in [1.165, 1.54) is 30.3 Å². The molecule has 0 saturated heterocycles. The molecule has 0 aliphatic carbocycles. The molecule has 0 bridgehead atoms. The molecule has 0 saturated carbocycles. The van der Waals surface area contributed by atoms with Gasteiger partial charge in [0, 0.05) is 33.0 Å². The standard InChI is InChI=1S/C16H18F3NO3/c1-20(2)9-14(15(22)8-13(21)10-23-3)11-5-4-6-12(7-11)16(17,18)19/h4-7,9H,8,10H2,1-3H3/b14-9+. The van der Waals surface area contributed by atoms with Gasteiger partial charge in [-0.3, -0.25) is 9.59 Å². The first-order chi connectivity index (χ1) is 10.6. The van der Waals surface area contributed by atoms with Crippen LogP contribution in [0.1, 0.15) is 17.5 Å². The number of ketones is 2. The fourth-order valence-electron chi connectivity index (χ4n) is 1.92. The summed E-state index contributed by atoms with van der Waals surface area (Å²) in [6.45, 7) is -0.219. The zero-order chi connectivity index (χ0) is 17.6. The quantitative estimate of drug-likeness (QED) is 0.570. The maximum absolute atomic E-state index is 12.8. The molecule has 0 radical (unpaired) electrons. The molecule has 0 atom stereocenters. The summed E-state index contributed by atoms with van der Waals surface area (Å²) < 4.78 is 43.1. The average molecular weight is 329 g/mol. The van der Waals surface area contributed by atoms with Gasteiger partial charge in [0.05, 0.1) is 12.0 Å². The number of carbonyl (C=O) groups is 2. The first-order valence-corrected chi connectivity index (χ1v) is 6.75. The molecule has 1 aromatic rings. The number of carbonyl (C=O) groups excluding carboxylic acids is 2. The maximum Gasteiger partial charge on any atom is 0.416 e. The number of methoxy groups -OCH3 is 1. The normalized spacial score (nSPS) is 12.2. The van der Waals surface area contributed by atoms with Crippen molar-refractivity contribution in [1.82, 2.24) is 4.90 Å². The Labute approximate surface area is 132 Å². The number of rotatable bonds is 7. The van der Waals surface area contributed by atoms with Gasteiger partial charge in [-0.05, 0) is 17.7 Å². The van der Waals surface area contributed by atoms with E-state index in [4.69, 9.17) is 0 Å². The highest BCUT2D eigenvalue weighted by Gasteiger charge is 2.31. The lowest BCUT2D eigenvalue weighted by Crippen LogP contribution is -2.16. The van der Waals surface area contributed by atoms with Crippen molar-refractivity contribution in [2.45, 2.75) is 12.6 Å². The number of Topliss-reactive ketones (excluding diaryl/α,β-unsaturated/α-hetero) is 2. The van der Waals surface area contributed by atoms with E-state index >= 15 is 0 Å². The number of benzene rings is 1. The van der Waals surface area contributed by atoms with E-state index < -0.39 is 29.7 Å². The molecule has 7 heteroatoms. The SMILES string of the molecule is COCC(=O)CC(=O)/C(=C/N(C)C)c1cccc(C(F)(F)F)c1. The van der Waals surface area contributed by atoms with E-state index in [0.717, 1.165) is 12.1 Å². The molecule has 0 amide bonds. The number of allylic oxidation sites excluding steroid dienone is 1. The monoisotopic (exact) mass is 329 g/mol. The molecule has 0 aliphatic rings.